The first-order valence-electron chi connectivity index (χ1n) is 5.81. The summed E-state index contributed by atoms with van der Waals surface area (Å²) in [6.07, 6.45) is 4.62. The molecule has 0 saturated carbocycles. The molecular formula is C12H26O2. The van der Waals surface area contributed by atoms with Crippen LogP contribution in [0.2, 0.25) is 0 Å². The molecular weight excluding hydrogens is 176 g/mol. The molecule has 86 valence electrons. The smallest absolute Gasteiger partial charge is 0.0456 e. The van der Waals surface area contributed by atoms with Gasteiger partial charge in [0.2, 0.25) is 0 Å². The van der Waals surface area contributed by atoms with Crippen molar-refractivity contribution in [3.05, 3.63) is 0 Å². The fourth-order valence-corrected chi connectivity index (χ4v) is 1.46. The van der Waals surface area contributed by atoms with E-state index in [9.17, 15) is 0 Å². The van der Waals surface area contributed by atoms with Gasteiger partial charge in [-0.05, 0) is 30.6 Å². The fourth-order valence-electron chi connectivity index (χ4n) is 1.46. The maximum atomic E-state index is 8.87. The Balaban J connectivity index is 3.40. The van der Waals surface area contributed by atoms with Gasteiger partial charge in [0.1, 0.15) is 0 Å². The van der Waals surface area contributed by atoms with Crippen LogP contribution in [-0.4, -0.2) is 23.4 Å². The van der Waals surface area contributed by atoms with Crippen LogP contribution in [0.4, 0.5) is 0 Å². The van der Waals surface area contributed by atoms with Crippen molar-refractivity contribution in [3.8, 4) is 0 Å². The van der Waals surface area contributed by atoms with Gasteiger partial charge in [-0.3, -0.25) is 0 Å². The minimum atomic E-state index is 0.305. The first-order chi connectivity index (χ1) is 6.60. The van der Waals surface area contributed by atoms with Crippen molar-refractivity contribution in [2.24, 2.45) is 17.8 Å². The number of hydrogen-bond acceptors (Lipinski definition) is 2. The van der Waals surface area contributed by atoms with Gasteiger partial charge in [0.25, 0.3) is 0 Å². The second kappa shape index (κ2) is 8.25. The van der Waals surface area contributed by atoms with Crippen LogP contribution in [0.15, 0.2) is 0 Å². The Labute approximate surface area is 88.3 Å². The summed E-state index contributed by atoms with van der Waals surface area (Å²) in [5.74, 6) is 1.60. The molecule has 2 N–H and O–H groups in total. The van der Waals surface area contributed by atoms with Crippen LogP contribution in [0.25, 0.3) is 0 Å². The lowest BCUT2D eigenvalue weighted by Crippen LogP contribution is -2.07. The van der Waals surface area contributed by atoms with E-state index in [-0.39, 0.29) is 0 Å². The Hall–Kier alpha value is -0.0800. The van der Waals surface area contributed by atoms with E-state index in [1.165, 1.54) is 12.8 Å². The summed E-state index contributed by atoms with van der Waals surface area (Å²) in [5, 5.41) is 17.7. The van der Waals surface area contributed by atoms with E-state index in [1.54, 1.807) is 0 Å². The van der Waals surface area contributed by atoms with Crippen molar-refractivity contribution in [2.75, 3.05) is 13.2 Å². The molecule has 0 radical (unpaired) electrons. The van der Waals surface area contributed by atoms with Gasteiger partial charge in [-0.2, -0.15) is 0 Å². The van der Waals surface area contributed by atoms with E-state index in [4.69, 9.17) is 10.2 Å². The largest absolute Gasteiger partial charge is 0.396 e. The third kappa shape index (κ3) is 7.34. The highest BCUT2D eigenvalue weighted by Crippen LogP contribution is 2.18. The van der Waals surface area contributed by atoms with Crippen molar-refractivity contribution in [1.29, 1.82) is 0 Å². The molecule has 2 heteroatoms. The highest BCUT2D eigenvalue weighted by atomic mass is 16.3. The highest BCUT2D eigenvalue weighted by molar-refractivity contribution is 4.60. The van der Waals surface area contributed by atoms with Crippen LogP contribution in [0.3, 0.4) is 0 Å². The Morgan fingerprint density at radius 3 is 1.21 bits per heavy atom. The molecule has 14 heavy (non-hydrogen) atoms. The zero-order valence-corrected chi connectivity index (χ0v) is 9.87. The molecule has 0 saturated heterocycles. The van der Waals surface area contributed by atoms with E-state index in [0.29, 0.717) is 25.0 Å². The Kier molecular flexibility index (Phi) is 8.20. The van der Waals surface area contributed by atoms with E-state index in [0.717, 1.165) is 18.8 Å². The molecule has 0 spiro atoms. The number of aliphatic hydroxyl groups excluding tert-OH is 2. The van der Waals surface area contributed by atoms with Crippen LogP contribution >= 0.6 is 0 Å². The van der Waals surface area contributed by atoms with E-state index >= 15 is 0 Å². The zero-order chi connectivity index (χ0) is 11.0. The Morgan fingerprint density at radius 2 is 0.929 bits per heavy atom. The van der Waals surface area contributed by atoms with Gasteiger partial charge in [-0.25, -0.2) is 0 Å². The monoisotopic (exact) mass is 202 g/mol. The molecule has 0 bridgehead atoms. The molecule has 2 unspecified atom stereocenters. The first kappa shape index (κ1) is 13.9. The van der Waals surface area contributed by atoms with Gasteiger partial charge < -0.3 is 10.2 Å². The van der Waals surface area contributed by atoms with Crippen LogP contribution in [0.5, 0.6) is 0 Å². The molecule has 0 aliphatic heterocycles. The number of rotatable bonds is 8. The topological polar surface area (TPSA) is 40.5 Å². The average Bonchev–Trinajstić information content (AvgIpc) is 2.22. The molecule has 0 aromatic carbocycles. The standard InChI is InChI=1S/C12H26O2/c1-10(4-6-11(2)8-13)5-7-12(3)9-14/h10-14H,4-9H2,1-3H3. The summed E-state index contributed by atoms with van der Waals surface area (Å²) < 4.78 is 0. The maximum absolute atomic E-state index is 8.87. The predicted molar refractivity (Wildman–Crippen MR) is 60.1 cm³/mol. The summed E-state index contributed by atoms with van der Waals surface area (Å²) in [5.41, 5.74) is 0. The molecule has 0 aromatic heterocycles. The van der Waals surface area contributed by atoms with Gasteiger partial charge >= 0.3 is 0 Å². The van der Waals surface area contributed by atoms with Crippen molar-refractivity contribution in [1.82, 2.24) is 0 Å². The predicted octanol–water partition coefficient (Wildman–Crippen LogP) is 2.44. The van der Waals surface area contributed by atoms with Gasteiger partial charge in [0.15, 0.2) is 0 Å². The van der Waals surface area contributed by atoms with Gasteiger partial charge in [-0.1, -0.05) is 33.6 Å². The summed E-state index contributed by atoms with van der Waals surface area (Å²) in [6.45, 7) is 7.04. The summed E-state index contributed by atoms with van der Waals surface area (Å²) in [7, 11) is 0. The molecule has 0 fully saturated rings. The Morgan fingerprint density at radius 1 is 0.643 bits per heavy atom. The first-order valence-corrected chi connectivity index (χ1v) is 5.81. The third-order valence-electron chi connectivity index (χ3n) is 2.93. The normalized spacial score (nSPS) is 17.8. The zero-order valence-electron chi connectivity index (χ0n) is 9.87. The molecule has 2 atom stereocenters. The van der Waals surface area contributed by atoms with Crippen molar-refractivity contribution < 1.29 is 10.2 Å². The molecule has 0 heterocycles. The molecule has 0 aromatic rings. The lowest BCUT2D eigenvalue weighted by Gasteiger charge is -2.15. The summed E-state index contributed by atoms with van der Waals surface area (Å²) >= 11 is 0. The van der Waals surface area contributed by atoms with Crippen LogP contribution in [0.1, 0.15) is 46.5 Å². The summed E-state index contributed by atoms with van der Waals surface area (Å²) in [4.78, 5) is 0. The molecule has 0 amide bonds. The lowest BCUT2D eigenvalue weighted by atomic mass is 9.92. The second-order valence-corrected chi connectivity index (χ2v) is 4.84. The minimum Gasteiger partial charge on any atom is -0.396 e. The molecule has 2 nitrogen and oxygen atoms in total. The lowest BCUT2D eigenvalue weighted by molar-refractivity contribution is 0.211. The number of aliphatic hydroxyl groups is 2. The Bertz CT molecular complexity index is 111. The molecule has 0 aliphatic carbocycles. The minimum absolute atomic E-state index is 0.305. The van der Waals surface area contributed by atoms with Gasteiger partial charge in [0, 0.05) is 13.2 Å². The van der Waals surface area contributed by atoms with E-state index in [2.05, 4.69) is 20.8 Å². The van der Waals surface area contributed by atoms with Gasteiger partial charge in [-0.15, -0.1) is 0 Å². The molecule has 0 rings (SSSR count). The van der Waals surface area contributed by atoms with Crippen molar-refractivity contribution in [2.45, 2.75) is 46.5 Å². The molecule has 0 aliphatic rings. The quantitative estimate of drug-likeness (QED) is 0.634. The number of hydrogen-bond donors (Lipinski definition) is 2. The third-order valence-corrected chi connectivity index (χ3v) is 2.93. The van der Waals surface area contributed by atoms with Crippen LogP contribution in [0, 0.1) is 17.8 Å². The average molecular weight is 202 g/mol. The highest BCUT2D eigenvalue weighted by Gasteiger charge is 2.08. The van der Waals surface area contributed by atoms with Gasteiger partial charge in [0.05, 0.1) is 0 Å². The van der Waals surface area contributed by atoms with Crippen molar-refractivity contribution >= 4 is 0 Å². The van der Waals surface area contributed by atoms with E-state index < -0.39 is 0 Å². The fraction of sp³-hybridized carbons (Fsp3) is 1.00. The maximum Gasteiger partial charge on any atom is 0.0456 e. The van der Waals surface area contributed by atoms with Crippen LogP contribution in [-0.2, 0) is 0 Å². The SMILES string of the molecule is CC(CO)CCC(C)CCC(C)CO. The van der Waals surface area contributed by atoms with Crippen molar-refractivity contribution in [3.63, 3.8) is 0 Å². The second-order valence-electron chi connectivity index (χ2n) is 4.84. The van der Waals surface area contributed by atoms with E-state index in [1.807, 2.05) is 0 Å². The van der Waals surface area contributed by atoms with Crippen LogP contribution < -0.4 is 0 Å². The summed E-state index contributed by atoms with van der Waals surface area (Å²) in [6, 6.07) is 0.